The molecule has 1 aliphatic rings. The van der Waals surface area contributed by atoms with Crippen LogP contribution in [-0.2, 0) is 11.2 Å². The third kappa shape index (κ3) is 3.53. The number of nitrogens with zero attached hydrogens (tertiary/aromatic N) is 1. The second-order valence-electron chi connectivity index (χ2n) is 5.03. The Bertz CT molecular complexity index is 367. The summed E-state index contributed by atoms with van der Waals surface area (Å²) in [5.74, 6) is 0. The van der Waals surface area contributed by atoms with Gasteiger partial charge in [-0.3, -0.25) is 0 Å². The Hall–Kier alpha value is -0.900. The van der Waals surface area contributed by atoms with Crippen molar-refractivity contribution in [2.45, 2.75) is 25.5 Å². The van der Waals surface area contributed by atoms with Gasteiger partial charge >= 0.3 is 0 Å². The molecule has 1 aromatic rings. The molecule has 0 spiro atoms. The quantitative estimate of drug-likeness (QED) is 0.854. The molecule has 1 fully saturated rings. The summed E-state index contributed by atoms with van der Waals surface area (Å²) in [5, 5.41) is 0. The summed E-state index contributed by atoms with van der Waals surface area (Å²) in [6.45, 7) is 4.85. The molecule has 0 bridgehead atoms. The van der Waals surface area contributed by atoms with Crippen LogP contribution in [0.4, 0.5) is 0 Å². The second kappa shape index (κ2) is 5.63. The molecule has 1 aliphatic heterocycles. The van der Waals surface area contributed by atoms with Gasteiger partial charge in [0.25, 0.3) is 0 Å². The van der Waals surface area contributed by atoms with E-state index in [0.29, 0.717) is 0 Å². The molecular formula is C14H22N2O. The SMILES string of the molecule is Cc1cccc(CC(N)C2CN(C)CCO2)c1. The molecule has 3 heteroatoms. The molecule has 0 saturated carbocycles. The lowest BCUT2D eigenvalue weighted by molar-refractivity contribution is -0.0319. The number of morpholine rings is 1. The normalized spacial score (nSPS) is 23.6. The van der Waals surface area contributed by atoms with Crippen LogP contribution in [0, 0.1) is 6.92 Å². The minimum Gasteiger partial charge on any atom is -0.374 e. The molecule has 94 valence electrons. The molecule has 0 aliphatic carbocycles. The van der Waals surface area contributed by atoms with E-state index in [1.165, 1.54) is 11.1 Å². The van der Waals surface area contributed by atoms with E-state index in [9.17, 15) is 0 Å². The van der Waals surface area contributed by atoms with E-state index in [1.807, 2.05) is 0 Å². The van der Waals surface area contributed by atoms with Gasteiger partial charge in [-0.05, 0) is 26.0 Å². The minimum absolute atomic E-state index is 0.0829. The zero-order valence-electron chi connectivity index (χ0n) is 10.7. The van der Waals surface area contributed by atoms with Crippen LogP contribution in [0.1, 0.15) is 11.1 Å². The van der Waals surface area contributed by atoms with Gasteiger partial charge in [-0.25, -0.2) is 0 Å². The average molecular weight is 234 g/mol. The lowest BCUT2D eigenvalue weighted by atomic mass is 10.00. The fraction of sp³-hybridized carbons (Fsp3) is 0.571. The standard InChI is InChI=1S/C14H22N2O/c1-11-4-3-5-12(8-11)9-13(15)14-10-16(2)6-7-17-14/h3-5,8,13-14H,6-7,9-10,15H2,1-2H3. The molecule has 1 aromatic carbocycles. The molecule has 1 saturated heterocycles. The van der Waals surface area contributed by atoms with Gasteiger partial charge in [0, 0.05) is 19.1 Å². The van der Waals surface area contributed by atoms with Crippen molar-refractivity contribution < 1.29 is 4.74 Å². The average Bonchev–Trinajstić information content (AvgIpc) is 2.29. The lowest BCUT2D eigenvalue weighted by Gasteiger charge is -2.33. The molecule has 3 nitrogen and oxygen atoms in total. The van der Waals surface area contributed by atoms with E-state index in [-0.39, 0.29) is 12.1 Å². The lowest BCUT2D eigenvalue weighted by Crippen LogP contribution is -2.50. The molecular weight excluding hydrogens is 212 g/mol. The molecule has 0 radical (unpaired) electrons. The summed E-state index contributed by atoms with van der Waals surface area (Å²) in [4.78, 5) is 2.28. The second-order valence-corrected chi connectivity index (χ2v) is 5.03. The number of nitrogens with two attached hydrogens (primary N) is 1. The van der Waals surface area contributed by atoms with Gasteiger partial charge in [0.15, 0.2) is 0 Å². The van der Waals surface area contributed by atoms with Gasteiger partial charge in [0.05, 0.1) is 12.7 Å². The van der Waals surface area contributed by atoms with Crippen LogP contribution in [0.2, 0.25) is 0 Å². The van der Waals surface area contributed by atoms with Crippen molar-refractivity contribution in [1.82, 2.24) is 4.90 Å². The summed E-state index contributed by atoms with van der Waals surface area (Å²) in [7, 11) is 2.12. The Morgan fingerprint density at radius 3 is 3.06 bits per heavy atom. The molecule has 2 unspecified atom stereocenters. The number of likely N-dealkylation sites (N-methyl/N-ethyl adjacent to an activating group) is 1. The van der Waals surface area contributed by atoms with Crippen LogP contribution in [0.3, 0.4) is 0 Å². The van der Waals surface area contributed by atoms with E-state index in [2.05, 4.69) is 43.1 Å². The first-order valence-corrected chi connectivity index (χ1v) is 6.26. The number of hydrogen-bond acceptors (Lipinski definition) is 3. The smallest absolute Gasteiger partial charge is 0.0856 e. The van der Waals surface area contributed by atoms with Crippen LogP contribution in [0.15, 0.2) is 24.3 Å². The first kappa shape index (κ1) is 12.6. The number of ether oxygens (including phenoxy) is 1. The number of aryl methyl sites for hydroxylation is 1. The molecule has 2 atom stereocenters. The van der Waals surface area contributed by atoms with Crippen molar-refractivity contribution in [2.24, 2.45) is 5.73 Å². The highest BCUT2D eigenvalue weighted by molar-refractivity contribution is 5.23. The Morgan fingerprint density at radius 1 is 1.53 bits per heavy atom. The highest BCUT2D eigenvalue weighted by atomic mass is 16.5. The van der Waals surface area contributed by atoms with Crippen LogP contribution < -0.4 is 5.73 Å². The summed E-state index contributed by atoms with van der Waals surface area (Å²) < 4.78 is 5.75. The molecule has 1 heterocycles. The Morgan fingerprint density at radius 2 is 2.35 bits per heavy atom. The topological polar surface area (TPSA) is 38.5 Å². The predicted octanol–water partition coefficient (Wildman–Crippen LogP) is 1.20. The summed E-state index contributed by atoms with van der Waals surface area (Å²) in [6.07, 6.45) is 1.05. The van der Waals surface area contributed by atoms with Crippen molar-refractivity contribution in [3.63, 3.8) is 0 Å². The fourth-order valence-electron chi connectivity index (χ4n) is 2.31. The summed E-state index contributed by atoms with van der Waals surface area (Å²) in [5.41, 5.74) is 8.83. The molecule has 0 aromatic heterocycles. The van der Waals surface area contributed by atoms with E-state index in [4.69, 9.17) is 10.5 Å². The van der Waals surface area contributed by atoms with Crippen LogP contribution in [0.5, 0.6) is 0 Å². The molecule has 2 N–H and O–H groups in total. The molecule has 17 heavy (non-hydrogen) atoms. The predicted molar refractivity (Wildman–Crippen MR) is 70.1 cm³/mol. The van der Waals surface area contributed by atoms with Crippen molar-refractivity contribution in [1.29, 1.82) is 0 Å². The van der Waals surface area contributed by atoms with Crippen LogP contribution >= 0.6 is 0 Å². The van der Waals surface area contributed by atoms with Gasteiger partial charge in [0.2, 0.25) is 0 Å². The highest BCUT2D eigenvalue weighted by Crippen LogP contribution is 2.12. The third-order valence-electron chi connectivity index (χ3n) is 3.33. The zero-order chi connectivity index (χ0) is 12.3. The van der Waals surface area contributed by atoms with Crippen molar-refractivity contribution in [2.75, 3.05) is 26.7 Å². The van der Waals surface area contributed by atoms with Gasteiger partial charge in [-0.1, -0.05) is 29.8 Å². The zero-order valence-corrected chi connectivity index (χ0v) is 10.7. The Kier molecular flexibility index (Phi) is 4.15. The third-order valence-corrected chi connectivity index (χ3v) is 3.33. The minimum atomic E-state index is 0.0829. The van der Waals surface area contributed by atoms with Crippen molar-refractivity contribution in [3.8, 4) is 0 Å². The van der Waals surface area contributed by atoms with E-state index < -0.39 is 0 Å². The van der Waals surface area contributed by atoms with Crippen molar-refractivity contribution >= 4 is 0 Å². The Labute approximate surface area is 104 Å². The maximum atomic E-state index is 6.24. The molecule has 2 rings (SSSR count). The monoisotopic (exact) mass is 234 g/mol. The van der Waals surface area contributed by atoms with Crippen LogP contribution in [-0.4, -0.2) is 43.8 Å². The number of benzene rings is 1. The highest BCUT2D eigenvalue weighted by Gasteiger charge is 2.24. The first-order chi connectivity index (χ1) is 8.15. The van der Waals surface area contributed by atoms with Crippen molar-refractivity contribution in [3.05, 3.63) is 35.4 Å². The van der Waals surface area contributed by atoms with Gasteiger partial charge < -0.3 is 15.4 Å². The summed E-state index contributed by atoms with van der Waals surface area (Å²) in [6, 6.07) is 8.62. The van der Waals surface area contributed by atoms with Crippen LogP contribution in [0.25, 0.3) is 0 Å². The first-order valence-electron chi connectivity index (χ1n) is 6.26. The maximum Gasteiger partial charge on any atom is 0.0856 e. The fourth-order valence-corrected chi connectivity index (χ4v) is 2.31. The maximum absolute atomic E-state index is 6.24. The van der Waals surface area contributed by atoms with E-state index in [0.717, 1.165) is 26.1 Å². The van der Waals surface area contributed by atoms with Gasteiger partial charge in [0.1, 0.15) is 0 Å². The Balaban J connectivity index is 1.94. The summed E-state index contributed by atoms with van der Waals surface area (Å²) >= 11 is 0. The van der Waals surface area contributed by atoms with Gasteiger partial charge in [-0.15, -0.1) is 0 Å². The molecule has 0 amide bonds. The van der Waals surface area contributed by atoms with Gasteiger partial charge in [-0.2, -0.15) is 0 Å². The number of rotatable bonds is 3. The largest absolute Gasteiger partial charge is 0.374 e. The van der Waals surface area contributed by atoms with E-state index in [1.54, 1.807) is 0 Å². The van der Waals surface area contributed by atoms with E-state index >= 15 is 0 Å². The number of hydrogen-bond donors (Lipinski definition) is 1.